The molecule has 0 saturated heterocycles. The van der Waals surface area contributed by atoms with Crippen LogP contribution in [0.15, 0.2) is 43.0 Å². The second kappa shape index (κ2) is 12.5. The number of nitrogens with two attached hydrogens (primary N) is 1. The Morgan fingerprint density at radius 1 is 1.10 bits per heavy atom. The Kier molecular flexibility index (Phi) is 8.83. The molecule has 12 nitrogen and oxygen atoms in total. The molecule has 0 unspecified atom stereocenters. The zero-order chi connectivity index (χ0) is 28.7. The van der Waals surface area contributed by atoms with Gasteiger partial charge < -0.3 is 27.0 Å². The third kappa shape index (κ3) is 6.48. The average Bonchev–Trinajstić information content (AvgIpc) is 3.59. The number of imidazole rings is 1. The number of benzene rings is 1. The molecule has 0 radical (unpaired) electrons. The van der Waals surface area contributed by atoms with Crippen molar-refractivity contribution in [2.75, 3.05) is 31.5 Å². The third-order valence-corrected chi connectivity index (χ3v) is 5.97. The van der Waals surface area contributed by atoms with Gasteiger partial charge in [0.2, 0.25) is 0 Å². The smallest absolute Gasteiger partial charge is 0.350 e. The molecule has 0 atom stereocenters. The summed E-state index contributed by atoms with van der Waals surface area (Å²) in [6.07, 6.45) is 2.07. The fourth-order valence-corrected chi connectivity index (χ4v) is 4.04. The van der Waals surface area contributed by atoms with Crippen LogP contribution in [0.25, 0.3) is 16.9 Å². The van der Waals surface area contributed by atoms with E-state index >= 15 is 0 Å². The number of nitrogens with one attached hydrogen (secondary N) is 5. The van der Waals surface area contributed by atoms with Gasteiger partial charge in [-0.05, 0) is 43.1 Å². The Morgan fingerprint density at radius 3 is 2.62 bits per heavy atom. The summed E-state index contributed by atoms with van der Waals surface area (Å²) in [7, 11) is 0. The number of urea groups is 1. The van der Waals surface area contributed by atoms with E-state index in [-0.39, 0.29) is 36.3 Å². The Bertz CT molecular complexity index is 1480. The minimum atomic E-state index is -4.63. The maximum absolute atomic E-state index is 13.4. The van der Waals surface area contributed by atoms with Gasteiger partial charge in [0.05, 0.1) is 17.5 Å². The number of halogens is 3. The van der Waals surface area contributed by atoms with Gasteiger partial charge in [-0.1, -0.05) is 6.92 Å². The topological polar surface area (TPSA) is 167 Å². The summed E-state index contributed by atoms with van der Waals surface area (Å²) in [6, 6.07) is 4.84. The molecular weight excluding hydrogens is 529 g/mol. The predicted molar refractivity (Wildman–Crippen MR) is 142 cm³/mol. The van der Waals surface area contributed by atoms with Crippen molar-refractivity contribution < 1.29 is 22.8 Å². The number of hydrogen-bond donors (Lipinski definition) is 6. The molecular formula is C25H29F3N10O2. The second-order valence-corrected chi connectivity index (χ2v) is 8.69. The van der Waals surface area contributed by atoms with Crippen molar-refractivity contribution in [3.63, 3.8) is 0 Å². The van der Waals surface area contributed by atoms with Crippen molar-refractivity contribution in [3.8, 4) is 11.3 Å². The van der Waals surface area contributed by atoms with E-state index in [0.29, 0.717) is 48.6 Å². The molecule has 0 saturated carbocycles. The van der Waals surface area contributed by atoms with Gasteiger partial charge in [-0.2, -0.15) is 18.3 Å². The fourth-order valence-electron chi connectivity index (χ4n) is 4.04. The average molecular weight is 559 g/mol. The largest absolute Gasteiger partial charge is 0.435 e. The molecule has 0 fully saturated rings. The molecule has 3 amide bonds. The molecule has 4 rings (SSSR count). The number of carbonyl (C=O) groups is 2. The van der Waals surface area contributed by atoms with Gasteiger partial charge in [-0.15, -0.1) is 0 Å². The van der Waals surface area contributed by atoms with Crippen molar-refractivity contribution in [1.82, 2.24) is 40.5 Å². The number of anilines is 2. The van der Waals surface area contributed by atoms with E-state index in [1.54, 1.807) is 18.2 Å². The zero-order valence-corrected chi connectivity index (χ0v) is 21.6. The lowest BCUT2D eigenvalue weighted by Crippen LogP contribution is -2.41. The maximum Gasteiger partial charge on any atom is 0.435 e. The normalized spacial score (nSPS) is 11.4. The Morgan fingerprint density at radius 2 is 1.88 bits per heavy atom. The second-order valence-electron chi connectivity index (χ2n) is 8.69. The molecule has 15 heteroatoms. The number of fused-ring (bicyclic) bond motifs is 1. The minimum Gasteiger partial charge on any atom is -0.350 e. The SMILES string of the molecule is CCc1cc(Nc2nccn3c(-c4c[nH]nc4C(F)(F)F)cnc23)ccc1C(=O)NCCNC(=O)NCCCN. The van der Waals surface area contributed by atoms with E-state index < -0.39 is 11.9 Å². The summed E-state index contributed by atoms with van der Waals surface area (Å²) < 4.78 is 41.6. The van der Waals surface area contributed by atoms with Gasteiger partial charge in [-0.25, -0.2) is 14.8 Å². The number of aryl methyl sites for hydroxylation is 1. The van der Waals surface area contributed by atoms with E-state index in [2.05, 4.69) is 41.4 Å². The first-order valence-electron chi connectivity index (χ1n) is 12.6. The first-order chi connectivity index (χ1) is 19.2. The number of alkyl halides is 3. The molecule has 4 aromatic rings. The molecule has 0 aliphatic rings. The van der Waals surface area contributed by atoms with Crippen LogP contribution >= 0.6 is 0 Å². The molecule has 40 heavy (non-hydrogen) atoms. The number of hydrogen-bond acceptors (Lipinski definition) is 7. The van der Waals surface area contributed by atoms with Gasteiger partial charge in [0.15, 0.2) is 17.2 Å². The van der Waals surface area contributed by atoms with Crippen LogP contribution in [0.3, 0.4) is 0 Å². The van der Waals surface area contributed by atoms with Gasteiger partial charge in [-0.3, -0.25) is 14.3 Å². The van der Waals surface area contributed by atoms with Gasteiger partial charge >= 0.3 is 12.2 Å². The molecule has 7 N–H and O–H groups in total. The minimum absolute atomic E-state index is 0.136. The van der Waals surface area contributed by atoms with Crippen LogP contribution < -0.4 is 27.0 Å². The highest BCUT2D eigenvalue weighted by atomic mass is 19.4. The van der Waals surface area contributed by atoms with Gasteiger partial charge in [0, 0.05) is 49.5 Å². The van der Waals surface area contributed by atoms with E-state index in [9.17, 15) is 22.8 Å². The summed E-state index contributed by atoms with van der Waals surface area (Å²) in [6.45, 7) is 3.37. The first-order valence-corrected chi connectivity index (χ1v) is 12.6. The van der Waals surface area contributed by atoms with Crippen LogP contribution in [0.1, 0.15) is 35.0 Å². The lowest BCUT2D eigenvalue weighted by molar-refractivity contribution is -0.140. The summed E-state index contributed by atoms with van der Waals surface area (Å²) in [5, 5.41) is 16.9. The molecule has 0 bridgehead atoms. The van der Waals surface area contributed by atoms with Crippen LogP contribution in [0.2, 0.25) is 0 Å². The van der Waals surface area contributed by atoms with Crippen molar-refractivity contribution in [2.24, 2.45) is 5.73 Å². The lowest BCUT2D eigenvalue weighted by atomic mass is 10.0. The predicted octanol–water partition coefficient (Wildman–Crippen LogP) is 2.82. The van der Waals surface area contributed by atoms with Gasteiger partial charge in [0.25, 0.3) is 5.91 Å². The van der Waals surface area contributed by atoms with Crippen molar-refractivity contribution in [3.05, 3.63) is 59.8 Å². The lowest BCUT2D eigenvalue weighted by Gasteiger charge is -2.13. The number of H-pyrrole nitrogens is 1. The van der Waals surface area contributed by atoms with Crippen LogP contribution in [0.5, 0.6) is 0 Å². The highest BCUT2D eigenvalue weighted by molar-refractivity contribution is 5.96. The summed E-state index contributed by atoms with van der Waals surface area (Å²) in [5.74, 6) is 0.0355. The number of rotatable bonds is 11. The molecule has 0 spiro atoms. The zero-order valence-electron chi connectivity index (χ0n) is 21.6. The molecule has 0 aliphatic carbocycles. The highest BCUT2D eigenvalue weighted by Crippen LogP contribution is 2.36. The van der Waals surface area contributed by atoms with Crippen molar-refractivity contribution in [2.45, 2.75) is 25.9 Å². The molecule has 0 aliphatic heterocycles. The van der Waals surface area contributed by atoms with Crippen LogP contribution in [0, 0.1) is 0 Å². The Balaban J connectivity index is 1.45. The Hall–Kier alpha value is -4.66. The summed E-state index contributed by atoms with van der Waals surface area (Å²) >= 11 is 0. The molecule has 3 heterocycles. The van der Waals surface area contributed by atoms with E-state index in [0.717, 1.165) is 5.56 Å². The van der Waals surface area contributed by atoms with E-state index in [1.807, 2.05) is 6.92 Å². The summed E-state index contributed by atoms with van der Waals surface area (Å²) in [5.41, 5.74) is 6.59. The first kappa shape index (κ1) is 28.4. The number of aromatic amines is 1. The van der Waals surface area contributed by atoms with Crippen LogP contribution in [0.4, 0.5) is 29.5 Å². The van der Waals surface area contributed by atoms with E-state index in [1.165, 1.54) is 29.2 Å². The van der Waals surface area contributed by atoms with Crippen molar-refractivity contribution >= 4 is 29.1 Å². The molecule has 1 aromatic carbocycles. The number of nitrogens with zero attached hydrogens (tertiary/aromatic N) is 4. The fraction of sp³-hybridized carbons (Fsp3) is 0.320. The van der Waals surface area contributed by atoms with E-state index in [4.69, 9.17) is 5.73 Å². The number of carbonyl (C=O) groups excluding carboxylic acids is 2. The van der Waals surface area contributed by atoms with Crippen molar-refractivity contribution in [1.29, 1.82) is 0 Å². The monoisotopic (exact) mass is 558 g/mol. The molecule has 212 valence electrons. The summed E-state index contributed by atoms with van der Waals surface area (Å²) in [4.78, 5) is 33.0. The van der Waals surface area contributed by atoms with Crippen LogP contribution in [-0.2, 0) is 12.6 Å². The number of aromatic nitrogens is 5. The maximum atomic E-state index is 13.4. The third-order valence-electron chi connectivity index (χ3n) is 5.97. The highest BCUT2D eigenvalue weighted by Gasteiger charge is 2.37. The van der Waals surface area contributed by atoms with Crippen LogP contribution in [-0.4, -0.2) is 62.7 Å². The quantitative estimate of drug-likeness (QED) is 0.154. The molecule has 3 aromatic heterocycles. The van der Waals surface area contributed by atoms with Gasteiger partial charge in [0.1, 0.15) is 0 Å². The standard InChI is InChI=1S/C25H29F3N10O2/c1-2-15-12-16(4-5-17(15)23(39)31-8-9-33-24(40)32-7-3-6-29)36-21-22-34-14-19(38(22)11-10-30-21)18-13-35-37-20(18)25(26,27)28/h4-5,10-14H,2-3,6-9,29H2,1H3,(H,30,36)(H,31,39)(H,35,37)(H2,32,33,40). The number of amides is 3. The Labute approximate surface area is 227 Å².